The first-order chi connectivity index (χ1) is 9.24. The van der Waals surface area contributed by atoms with Crippen molar-refractivity contribution >= 4 is 5.97 Å². The number of hydrogen-bond acceptors (Lipinski definition) is 1. The highest BCUT2D eigenvalue weighted by molar-refractivity contribution is 5.75. The molecule has 110 valence electrons. The van der Waals surface area contributed by atoms with Crippen LogP contribution in [-0.2, 0) is 11.2 Å². The Labute approximate surface area is 120 Å². The minimum Gasteiger partial charge on any atom is -0.481 e. The molecule has 0 saturated heterocycles. The molecule has 1 aliphatic rings. The van der Waals surface area contributed by atoms with Crippen molar-refractivity contribution in [3.63, 3.8) is 0 Å². The number of carboxylic acids is 1. The van der Waals surface area contributed by atoms with Gasteiger partial charge in [0, 0.05) is 0 Å². The number of benzene rings is 1. The highest BCUT2D eigenvalue weighted by atomic mass is 19.1. The standard InChI is InChI=1S/C17H23FO2/c1-12-10-14(18)5-4-13(12)11-17(15(19)20)8-6-16(2,3)7-9-17/h4-5,10H,6-9,11H2,1-3H3,(H,19,20). The molecular weight excluding hydrogens is 255 g/mol. The number of carboxylic acid groups (broad SMARTS) is 1. The van der Waals surface area contributed by atoms with Crippen LogP contribution < -0.4 is 0 Å². The van der Waals surface area contributed by atoms with Crippen molar-refractivity contribution in [3.05, 3.63) is 35.1 Å². The third kappa shape index (κ3) is 3.02. The van der Waals surface area contributed by atoms with Crippen LogP contribution in [0.15, 0.2) is 18.2 Å². The van der Waals surface area contributed by atoms with E-state index in [4.69, 9.17) is 0 Å². The molecule has 0 bridgehead atoms. The SMILES string of the molecule is Cc1cc(F)ccc1CC1(C(=O)O)CCC(C)(C)CC1. The smallest absolute Gasteiger partial charge is 0.309 e. The van der Waals surface area contributed by atoms with Crippen molar-refractivity contribution in [1.29, 1.82) is 0 Å². The molecule has 0 amide bonds. The molecule has 20 heavy (non-hydrogen) atoms. The molecule has 0 spiro atoms. The van der Waals surface area contributed by atoms with Crippen molar-refractivity contribution < 1.29 is 14.3 Å². The lowest BCUT2D eigenvalue weighted by Gasteiger charge is -2.41. The van der Waals surface area contributed by atoms with E-state index in [0.29, 0.717) is 19.3 Å². The van der Waals surface area contributed by atoms with Gasteiger partial charge in [0.2, 0.25) is 0 Å². The molecule has 0 unspecified atom stereocenters. The second-order valence-electron chi connectivity index (χ2n) is 7.00. The minimum atomic E-state index is -0.711. The summed E-state index contributed by atoms with van der Waals surface area (Å²) < 4.78 is 13.2. The van der Waals surface area contributed by atoms with E-state index in [2.05, 4.69) is 13.8 Å². The van der Waals surface area contributed by atoms with Gasteiger partial charge < -0.3 is 5.11 Å². The van der Waals surface area contributed by atoms with Gasteiger partial charge in [-0.1, -0.05) is 19.9 Å². The third-order valence-electron chi connectivity index (χ3n) is 4.85. The third-order valence-corrected chi connectivity index (χ3v) is 4.85. The van der Waals surface area contributed by atoms with Crippen LogP contribution in [0, 0.1) is 23.6 Å². The van der Waals surface area contributed by atoms with Crippen molar-refractivity contribution in [2.24, 2.45) is 10.8 Å². The van der Waals surface area contributed by atoms with Crippen LogP contribution in [0.2, 0.25) is 0 Å². The monoisotopic (exact) mass is 278 g/mol. The maximum atomic E-state index is 13.2. The molecule has 0 atom stereocenters. The van der Waals surface area contributed by atoms with Crippen LogP contribution in [-0.4, -0.2) is 11.1 Å². The first kappa shape index (κ1) is 15.0. The van der Waals surface area contributed by atoms with Gasteiger partial charge in [0.25, 0.3) is 0 Å². The summed E-state index contributed by atoms with van der Waals surface area (Å²) in [5.74, 6) is -0.975. The highest BCUT2D eigenvalue weighted by Crippen LogP contribution is 2.47. The Morgan fingerprint density at radius 2 is 1.85 bits per heavy atom. The van der Waals surface area contributed by atoms with Crippen molar-refractivity contribution in [3.8, 4) is 0 Å². The number of rotatable bonds is 3. The van der Waals surface area contributed by atoms with Gasteiger partial charge in [0.15, 0.2) is 0 Å². The van der Waals surface area contributed by atoms with Crippen LogP contribution in [0.1, 0.15) is 50.7 Å². The van der Waals surface area contributed by atoms with E-state index in [1.807, 2.05) is 6.92 Å². The van der Waals surface area contributed by atoms with E-state index in [0.717, 1.165) is 24.0 Å². The lowest BCUT2D eigenvalue weighted by Crippen LogP contribution is -2.39. The largest absolute Gasteiger partial charge is 0.481 e. The Bertz CT molecular complexity index is 510. The predicted molar refractivity (Wildman–Crippen MR) is 77.2 cm³/mol. The molecule has 2 rings (SSSR count). The second-order valence-corrected chi connectivity index (χ2v) is 7.00. The fourth-order valence-corrected chi connectivity index (χ4v) is 3.09. The molecule has 3 heteroatoms. The molecule has 1 saturated carbocycles. The average Bonchev–Trinajstić information content (AvgIpc) is 2.35. The quantitative estimate of drug-likeness (QED) is 0.892. The van der Waals surface area contributed by atoms with Crippen molar-refractivity contribution in [2.45, 2.75) is 52.9 Å². The second kappa shape index (κ2) is 5.19. The maximum absolute atomic E-state index is 13.2. The Kier molecular flexibility index (Phi) is 3.90. The zero-order chi connectivity index (χ0) is 15.0. The van der Waals surface area contributed by atoms with E-state index >= 15 is 0 Å². The first-order valence-electron chi connectivity index (χ1n) is 7.23. The summed E-state index contributed by atoms with van der Waals surface area (Å²) in [5.41, 5.74) is 1.35. The number of aryl methyl sites for hydroxylation is 1. The molecule has 1 N–H and O–H groups in total. The van der Waals surface area contributed by atoms with Gasteiger partial charge in [-0.25, -0.2) is 4.39 Å². The highest BCUT2D eigenvalue weighted by Gasteiger charge is 2.44. The lowest BCUT2D eigenvalue weighted by molar-refractivity contribution is -0.152. The topological polar surface area (TPSA) is 37.3 Å². The van der Waals surface area contributed by atoms with E-state index in [1.165, 1.54) is 12.1 Å². The molecule has 1 aliphatic carbocycles. The summed E-state index contributed by atoms with van der Waals surface area (Å²) in [6.07, 6.45) is 3.77. The Balaban J connectivity index is 2.24. The summed E-state index contributed by atoms with van der Waals surface area (Å²) in [6.45, 7) is 6.24. The van der Waals surface area contributed by atoms with Gasteiger partial charge in [-0.2, -0.15) is 0 Å². The normalized spacial score (nSPS) is 20.6. The fourth-order valence-electron chi connectivity index (χ4n) is 3.09. The van der Waals surface area contributed by atoms with Crippen LogP contribution in [0.5, 0.6) is 0 Å². The Morgan fingerprint density at radius 3 is 2.35 bits per heavy atom. The van der Waals surface area contributed by atoms with Gasteiger partial charge in [-0.3, -0.25) is 4.79 Å². The average molecular weight is 278 g/mol. The summed E-state index contributed by atoms with van der Waals surface area (Å²) in [5, 5.41) is 9.69. The van der Waals surface area contributed by atoms with E-state index < -0.39 is 11.4 Å². The van der Waals surface area contributed by atoms with E-state index in [1.54, 1.807) is 6.07 Å². The minimum absolute atomic E-state index is 0.233. The van der Waals surface area contributed by atoms with Gasteiger partial charge in [-0.05, 0) is 67.7 Å². The van der Waals surface area contributed by atoms with E-state index in [9.17, 15) is 14.3 Å². The van der Waals surface area contributed by atoms with Crippen LogP contribution in [0.3, 0.4) is 0 Å². The summed E-state index contributed by atoms with van der Waals surface area (Å²) >= 11 is 0. The van der Waals surface area contributed by atoms with Crippen LogP contribution in [0.4, 0.5) is 4.39 Å². The molecule has 0 aromatic heterocycles. The molecule has 1 aromatic carbocycles. The molecule has 2 nitrogen and oxygen atoms in total. The fraction of sp³-hybridized carbons (Fsp3) is 0.588. The van der Waals surface area contributed by atoms with Gasteiger partial charge in [0.1, 0.15) is 5.82 Å². The van der Waals surface area contributed by atoms with Crippen molar-refractivity contribution in [1.82, 2.24) is 0 Å². The Morgan fingerprint density at radius 1 is 1.25 bits per heavy atom. The van der Waals surface area contributed by atoms with Gasteiger partial charge in [0.05, 0.1) is 5.41 Å². The summed E-state index contributed by atoms with van der Waals surface area (Å²) in [4.78, 5) is 11.8. The lowest BCUT2D eigenvalue weighted by atomic mass is 9.63. The zero-order valence-corrected chi connectivity index (χ0v) is 12.5. The Hall–Kier alpha value is -1.38. The van der Waals surface area contributed by atoms with Gasteiger partial charge >= 0.3 is 5.97 Å². The zero-order valence-electron chi connectivity index (χ0n) is 12.5. The number of halogens is 1. The molecule has 1 aromatic rings. The summed E-state index contributed by atoms with van der Waals surface area (Å²) in [7, 11) is 0. The van der Waals surface area contributed by atoms with E-state index in [-0.39, 0.29) is 11.2 Å². The molecule has 0 aliphatic heterocycles. The van der Waals surface area contributed by atoms with Crippen LogP contribution in [0.25, 0.3) is 0 Å². The van der Waals surface area contributed by atoms with Crippen LogP contribution >= 0.6 is 0 Å². The maximum Gasteiger partial charge on any atom is 0.309 e. The molecule has 0 radical (unpaired) electrons. The van der Waals surface area contributed by atoms with Crippen molar-refractivity contribution in [2.75, 3.05) is 0 Å². The molecule has 0 heterocycles. The predicted octanol–water partition coefficient (Wildman–Crippen LogP) is 4.35. The molecule has 1 fully saturated rings. The number of aliphatic carboxylic acids is 1. The summed E-state index contributed by atoms with van der Waals surface area (Å²) in [6, 6.07) is 4.64. The number of hydrogen-bond donors (Lipinski definition) is 1. The first-order valence-corrected chi connectivity index (χ1v) is 7.23. The number of carbonyl (C=O) groups is 1. The molecular formula is C17H23FO2. The van der Waals surface area contributed by atoms with Gasteiger partial charge in [-0.15, -0.1) is 0 Å².